The molecule has 0 atom stereocenters. The van der Waals surface area contributed by atoms with Crippen LogP contribution in [0.1, 0.15) is 17.0 Å². The molecule has 0 spiro atoms. The number of rotatable bonds is 2. The molecule has 0 fully saturated rings. The number of nitrogens with two attached hydrogens (primary N) is 1. The average molecular weight is 200 g/mol. The third-order valence-corrected chi connectivity index (χ3v) is 2.77. The van der Waals surface area contributed by atoms with E-state index in [1.165, 1.54) is 22.6 Å². The van der Waals surface area contributed by atoms with E-state index in [2.05, 4.69) is 48.7 Å². The fourth-order valence-electron chi connectivity index (χ4n) is 2.01. The number of hydrogen-bond acceptors (Lipinski definition) is 1. The molecule has 0 saturated carbocycles. The van der Waals surface area contributed by atoms with Crippen molar-refractivity contribution in [2.75, 3.05) is 0 Å². The van der Waals surface area contributed by atoms with Crippen molar-refractivity contribution in [3.63, 3.8) is 0 Å². The molecule has 0 unspecified atom stereocenters. The molecule has 1 aromatic carbocycles. The highest BCUT2D eigenvalue weighted by Crippen LogP contribution is 2.19. The van der Waals surface area contributed by atoms with Crippen molar-refractivity contribution in [3.8, 4) is 5.69 Å². The molecule has 0 saturated heterocycles. The molecule has 1 heterocycles. The van der Waals surface area contributed by atoms with Crippen LogP contribution in [-0.2, 0) is 6.54 Å². The minimum atomic E-state index is 0.604. The zero-order valence-corrected chi connectivity index (χ0v) is 9.20. The molecule has 0 aliphatic carbocycles. The summed E-state index contributed by atoms with van der Waals surface area (Å²) in [5.74, 6) is 0. The number of benzene rings is 1. The van der Waals surface area contributed by atoms with Gasteiger partial charge in [0.1, 0.15) is 0 Å². The van der Waals surface area contributed by atoms with Crippen molar-refractivity contribution in [2.24, 2.45) is 5.73 Å². The van der Waals surface area contributed by atoms with Crippen LogP contribution < -0.4 is 5.73 Å². The molecule has 0 aliphatic rings. The topological polar surface area (TPSA) is 30.9 Å². The van der Waals surface area contributed by atoms with Gasteiger partial charge in [-0.05, 0) is 37.6 Å². The molecule has 2 rings (SSSR count). The Balaban J connectivity index is 2.58. The summed E-state index contributed by atoms with van der Waals surface area (Å²) in [7, 11) is 0. The largest absolute Gasteiger partial charge is 0.326 e. The Hall–Kier alpha value is -1.54. The third-order valence-electron chi connectivity index (χ3n) is 2.77. The zero-order valence-electron chi connectivity index (χ0n) is 9.20. The lowest BCUT2D eigenvalue weighted by Gasteiger charge is -2.09. The summed E-state index contributed by atoms with van der Waals surface area (Å²) in [5.41, 5.74) is 10.6. The maximum atomic E-state index is 5.70. The lowest BCUT2D eigenvalue weighted by atomic mass is 10.2. The molecule has 0 aliphatic heterocycles. The Morgan fingerprint density at radius 3 is 2.33 bits per heavy atom. The summed E-state index contributed by atoms with van der Waals surface area (Å²) in [5, 5.41) is 0. The first kappa shape index (κ1) is 9.99. The first-order valence-electron chi connectivity index (χ1n) is 5.17. The normalized spacial score (nSPS) is 10.6. The van der Waals surface area contributed by atoms with Crippen LogP contribution in [0.5, 0.6) is 0 Å². The van der Waals surface area contributed by atoms with E-state index in [-0.39, 0.29) is 0 Å². The van der Waals surface area contributed by atoms with Gasteiger partial charge in [-0.15, -0.1) is 0 Å². The molecule has 2 N–H and O–H groups in total. The molecule has 2 heteroatoms. The van der Waals surface area contributed by atoms with Crippen LogP contribution in [0.15, 0.2) is 36.4 Å². The minimum Gasteiger partial charge on any atom is -0.326 e. The Morgan fingerprint density at radius 1 is 1.13 bits per heavy atom. The van der Waals surface area contributed by atoms with Crippen molar-refractivity contribution in [2.45, 2.75) is 20.4 Å². The van der Waals surface area contributed by atoms with E-state index in [1.54, 1.807) is 0 Å². The van der Waals surface area contributed by atoms with Gasteiger partial charge in [0.25, 0.3) is 0 Å². The quantitative estimate of drug-likeness (QED) is 0.793. The summed E-state index contributed by atoms with van der Waals surface area (Å²) >= 11 is 0. The highest BCUT2D eigenvalue weighted by Gasteiger charge is 2.08. The average Bonchev–Trinajstić information content (AvgIpc) is 2.55. The smallest absolute Gasteiger partial charge is 0.0455 e. The molecule has 15 heavy (non-hydrogen) atoms. The monoisotopic (exact) mass is 200 g/mol. The Kier molecular flexibility index (Phi) is 2.60. The maximum Gasteiger partial charge on any atom is 0.0455 e. The van der Waals surface area contributed by atoms with Gasteiger partial charge in [-0.25, -0.2) is 0 Å². The van der Waals surface area contributed by atoms with Crippen LogP contribution >= 0.6 is 0 Å². The molecule has 2 aromatic rings. The summed E-state index contributed by atoms with van der Waals surface area (Å²) < 4.78 is 2.24. The van der Waals surface area contributed by atoms with Crippen LogP contribution in [0.3, 0.4) is 0 Å². The predicted octanol–water partition coefficient (Wildman–Crippen LogP) is 2.55. The Labute approximate surface area is 90.3 Å². The molecule has 0 radical (unpaired) electrons. The van der Waals surface area contributed by atoms with Gasteiger partial charge in [0.15, 0.2) is 0 Å². The Bertz CT molecular complexity index is 455. The molecule has 78 valence electrons. The van der Waals surface area contributed by atoms with E-state index in [1.807, 2.05) is 6.07 Å². The third kappa shape index (κ3) is 1.68. The summed E-state index contributed by atoms with van der Waals surface area (Å²) in [6.45, 7) is 4.83. The van der Waals surface area contributed by atoms with Gasteiger partial charge in [-0.3, -0.25) is 0 Å². The number of nitrogens with zero attached hydrogens (tertiary/aromatic N) is 1. The fourth-order valence-corrected chi connectivity index (χ4v) is 2.01. The first-order chi connectivity index (χ1) is 7.24. The van der Waals surface area contributed by atoms with Crippen molar-refractivity contribution in [1.82, 2.24) is 4.57 Å². The second-order valence-corrected chi connectivity index (χ2v) is 3.77. The van der Waals surface area contributed by atoms with Crippen molar-refractivity contribution < 1.29 is 0 Å². The van der Waals surface area contributed by atoms with Gasteiger partial charge in [-0.2, -0.15) is 0 Å². The molecule has 0 bridgehead atoms. The fraction of sp³-hybridized carbons (Fsp3) is 0.231. The van der Waals surface area contributed by atoms with Gasteiger partial charge in [0.05, 0.1) is 0 Å². The summed E-state index contributed by atoms with van der Waals surface area (Å²) in [6.07, 6.45) is 0. The van der Waals surface area contributed by atoms with E-state index in [4.69, 9.17) is 5.73 Å². The second-order valence-electron chi connectivity index (χ2n) is 3.77. The van der Waals surface area contributed by atoms with Crippen molar-refractivity contribution in [1.29, 1.82) is 0 Å². The van der Waals surface area contributed by atoms with Crippen LogP contribution in [0.2, 0.25) is 0 Å². The molecule has 1 aromatic heterocycles. The number of aryl methyl sites for hydroxylation is 1. The molecule has 0 amide bonds. The predicted molar refractivity (Wildman–Crippen MR) is 63.1 cm³/mol. The number of hydrogen-bond donors (Lipinski definition) is 1. The van der Waals surface area contributed by atoms with E-state index in [9.17, 15) is 0 Å². The van der Waals surface area contributed by atoms with E-state index < -0.39 is 0 Å². The van der Waals surface area contributed by atoms with Gasteiger partial charge >= 0.3 is 0 Å². The molecule has 2 nitrogen and oxygen atoms in total. The van der Waals surface area contributed by atoms with Crippen LogP contribution in [0.25, 0.3) is 5.69 Å². The van der Waals surface area contributed by atoms with Crippen molar-refractivity contribution >= 4 is 0 Å². The number of para-hydroxylation sites is 1. The number of aromatic nitrogens is 1. The maximum absolute atomic E-state index is 5.70. The minimum absolute atomic E-state index is 0.604. The summed E-state index contributed by atoms with van der Waals surface area (Å²) in [4.78, 5) is 0. The zero-order chi connectivity index (χ0) is 10.8. The Morgan fingerprint density at radius 2 is 1.80 bits per heavy atom. The lowest BCUT2D eigenvalue weighted by Crippen LogP contribution is -2.01. The van der Waals surface area contributed by atoms with Gasteiger partial charge in [-0.1, -0.05) is 18.2 Å². The van der Waals surface area contributed by atoms with Crippen LogP contribution in [-0.4, -0.2) is 4.57 Å². The second kappa shape index (κ2) is 3.91. The van der Waals surface area contributed by atoms with Gasteiger partial charge < -0.3 is 10.3 Å². The highest BCUT2D eigenvalue weighted by molar-refractivity contribution is 5.40. The van der Waals surface area contributed by atoms with Crippen LogP contribution in [0, 0.1) is 13.8 Å². The highest BCUT2D eigenvalue weighted by atomic mass is 15.0. The molecular weight excluding hydrogens is 184 g/mol. The SMILES string of the molecule is Cc1cc(CN)c(C)n1-c1ccccc1. The molecular formula is C13H16N2. The van der Waals surface area contributed by atoms with E-state index in [0.717, 1.165) is 0 Å². The van der Waals surface area contributed by atoms with Crippen LogP contribution in [0.4, 0.5) is 0 Å². The van der Waals surface area contributed by atoms with E-state index in [0.29, 0.717) is 6.54 Å². The summed E-state index contributed by atoms with van der Waals surface area (Å²) in [6, 6.07) is 12.5. The lowest BCUT2D eigenvalue weighted by molar-refractivity contribution is 0.943. The van der Waals surface area contributed by atoms with Gasteiger partial charge in [0, 0.05) is 23.6 Å². The first-order valence-corrected chi connectivity index (χ1v) is 5.17. The van der Waals surface area contributed by atoms with Crippen molar-refractivity contribution in [3.05, 3.63) is 53.3 Å². The standard InChI is InChI=1S/C13H16N2/c1-10-8-12(9-14)11(2)15(10)13-6-4-3-5-7-13/h3-8H,9,14H2,1-2H3. The van der Waals surface area contributed by atoms with Gasteiger partial charge in [0.2, 0.25) is 0 Å². The van der Waals surface area contributed by atoms with E-state index >= 15 is 0 Å².